The SMILES string of the molecule is CC(C)(C(=O)O)N1CCc2nc(-c3ccccc3)sc2C1. The van der Waals surface area contributed by atoms with E-state index >= 15 is 0 Å². The molecule has 1 aliphatic heterocycles. The summed E-state index contributed by atoms with van der Waals surface area (Å²) in [5.41, 5.74) is 1.41. The predicted molar refractivity (Wildman–Crippen MR) is 83.4 cm³/mol. The Balaban J connectivity index is 1.88. The molecule has 2 aromatic rings. The first kappa shape index (κ1) is 14.2. The van der Waals surface area contributed by atoms with Gasteiger partial charge >= 0.3 is 5.97 Å². The second-order valence-electron chi connectivity index (χ2n) is 5.79. The number of rotatable bonds is 3. The Morgan fingerprint density at radius 1 is 1.33 bits per heavy atom. The molecule has 21 heavy (non-hydrogen) atoms. The van der Waals surface area contributed by atoms with Crippen molar-refractivity contribution in [1.82, 2.24) is 9.88 Å². The Bertz CT molecular complexity index is 664. The van der Waals surface area contributed by atoms with E-state index in [1.807, 2.05) is 23.1 Å². The average molecular weight is 302 g/mol. The standard InChI is InChI=1S/C16H18N2O2S/c1-16(2,15(19)20)18-9-8-12-13(10-18)21-14(17-12)11-6-4-3-5-7-11/h3-7H,8-10H2,1-2H3,(H,19,20). The van der Waals surface area contributed by atoms with Crippen LogP contribution in [0.3, 0.4) is 0 Å². The zero-order valence-electron chi connectivity index (χ0n) is 12.2. The lowest BCUT2D eigenvalue weighted by Gasteiger charge is -2.36. The zero-order valence-corrected chi connectivity index (χ0v) is 13.0. The summed E-state index contributed by atoms with van der Waals surface area (Å²) >= 11 is 1.67. The maximum atomic E-state index is 11.4. The van der Waals surface area contributed by atoms with Gasteiger partial charge in [-0.25, -0.2) is 4.98 Å². The smallest absolute Gasteiger partial charge is 0.323 e. The van der Waals surface area contributed by atoms with Crippen molar-refractivity contribution >= 4 is 17.3 Å². The number of nitrogens with zero attached hydrogens (tertiary/aromatic N) is 2. The summed E-state index contributed by atoms with van der Waals surface area (Å²) < 4.78 is 0. The van der Waals surface area contributed by atoms with Crippen molar-refractivity contribution in [2.24, 2.45) is 0 Å². The summed E-state index contributed by atoms with van der Waals surface area (Å²) in [5, 5.41) is 10.4. The van der Waals surface area contributed by atoms with E-state index < -0.39 is 11.5 Å². The molecular formula is C16H18N2O2S. The van der Waals surface area contributed by atoms with Gasteiger partial charge in [0.1, 0.15) is 10.5 Å². The van der Waals surface area contributed by atoms with Crippen LogP contribution in [0, 0.1) is 0 Å². The molecule has 0 unspecified atom stereocenters. The van der Waals surface area contributed by atoms with Crippen molar-refractivity contribution in [3.05, 3.63) is 40.9 Å². The van der Waals surface area contributed by atoms with Crippen LogP contribution >= 0.6 is 11.3 Å². The van der Waals surface area contributed by atoms with Gasteiger partial charge in [-0.2, -0.15) is 0 Å². The molecule has 0 amide bonds. The van der Waals surface area contributed by atoms with Gasteiger partial charge in [0.15, 0.2) is 0 Å². The minimum atomic E-state index is -0.839. The van der Waals surface area contributed by atoms with E-state index in [9.17, 15) is 9.90 Å². The molecule has 0 spiro atoms. The molecule has 0 saturated heterocycles. The first-order valence-electron chi connectivity index (χ1n) is 7.01. The highest BCUT2D eigenvalue weighted by molar-refractivity contribution is 7.15. The number of hydrogen-bond acceptors (Lipinski definition) is 4. The number of carbonyl (C=O) groups is 1. The molecule has 1 aliphatic rings. The number of carboxylic acid groups (broad SMARTS) is 1. The summed E-state index contributed by atoms with van der Waals surface area (Å²) in [6.07, 6.45) is 0.815. The third-order valence-corrected chi connectivity index (χ3v) is 5.20. The first-order chi connectivity index (χ1) is 9.98. The van der Waals surface area contributed by atoms with Crippen molar-refractivity contribution in [2.75, 3.05) is 6.54 Å². The number of benzene rings is 1. The number of hydrogen-bond donors (Lipinski definition) is 1. The van der Waals surface area contributed by atoms with Crippen molar-refractivity contribution in [3.63, 3.8) is 0 Å². The van der Waals surface area contributed by atoms with E-state index in [0.29, 0.717) is 6.54 Å². The third-order valence-electron chi connectivity index (χ3n) is 4.07. The van der Waals surface area contributed by atoms with E-state index in [1.54, 1.807) is 25.2 Å². The van der Waals surface area contributed by atoms with Crippen molar-refractivity contribution in [1.29, 1.82) is 0 Å². The Morgan fingerprint density at radius 3 is 2.71 bits per heavy atom. The van der Waals surface area contributed by atoms with Crippen molar-refractivity contribution < 1.29 is 9.90 Å². The maximum Gasteiger partial charge on any atom is 0.323 e. The van der Waals surface area contributed by atoms with Crippen LogP contribution in [-0.4, -0.2) is 33.0 Å². The number of aliphatic carboxylic acids is 1. The molecule has 0 bridgehead atoms. The van der Waals surface area contributed by atoms with Gasteiger partial charge in [0.2, 0.25) is 0 Å². The highest BCUT2D eigenvalue weighted by atomic mass is 32.1. The van der Waals surface area contributed by atoms with Gasteiger partial charge in [-0.3, -0.25) is 9.69 Å². The molecule has 1 aromatic heterocycles. The number of fused-ring (bicyclic) bond motifs is 1. The number of aromatic nitrogens is 1. The van der Waals surface area contributed by atoms with Gasteiger partial charge in [-0.1, -0.05) is 30.3 Å². The van der Waals surface area contributed by atoms with Crippen molar-refractivity contribution in [2.45, 2.75) is 32.4 Å². The normalized spacial score (nSPS) is 15.7. The lowest BCUT2D eigenvalue weighted by Crippen LogP contribution is -2.51. The van der Waals surface area contributed by atoms with Crippen molar-refractivity contribution in [3.8, 4) is 10.6 Å². The summed E-state index contributed by atoms with van der Waals surface area (Å²) in [6, 6.07) is 10.1. The maximum absolute atomic E-state index is 11.4. The molecule has 0 saturated carbocycles. The Kier molecular flexibility index (Phi) is 3.55. The molecule has 4 nitrogen and oxygen atoms in total. The molecule has 0 fully saturated rings. The highest BCUT2D eigenvalue weighted by Crippen LogP contribution is 2.33. The molecule has 2 heterocycles. The quantitative estimate of drug-likeness (QED) is 0.947. The Labute approximate surface area is 128 Å². The lowest BCUT2D eigenvalue weighted by atomic mass is 10.00. The fourth-order valence-corrected chi connectivity index (χ4v) is 3.64. The van der Waals surface area contributed by atoms with Crippen LogP contribution in [0.4, 0.5) is 0 Å². The molecule has 0 aliphatic carbocycles. The van der Waals surface area contributed by atoms with E-state index in [0.717, 1.165) is 29.2 Å². The molecule has 5 heteroatoms. The van der Waals surface area contributed by atoms with Gasteiger partial charge in [-0.05, 0) is 13.8 Å². The summed E-state index contributed by atoms with van der Waals surface area (Å²) in [6.45, 7) is 4.93. The lowest BCUT2D eigenvalue weighted by molar-refractivity contribution is -0.150. The van der Waals surface area contributed by atoms with E-state index in [-0.39, 0.29) is 0 Å². The zero-order chi connectivity index (χ0) is 15.0. The molecular weight excluding hydrogens is 284 g/mol. The monoisotopic (exact) mass is 302 g/mol. The Morgan fingerprint density at radius 2 is 2.05 bits per heavy atom. The van der Waals surface area contributed by atoms with Crippen LogP contribution in [0.15, 0.2) is 30.3 Å². The first-order valence-corrected chi connectivity index (χ1v) is 7.82. The van der Waals surface area contributed by atoms with Crippen LogP contribution in [0.1, 0.15) is 24.4 Å². The Hall–Kier alpha value is -1.72. The molecule has 110 valence electrons. The van der Waals surface area contributed by atoms with Crippen LogP contribution in [0.25, 0.3) is 10.6 Å². The molecule has 1 aromatic carbocycles. The van der Waals surface area contributed by atoms with E-state index in [2.05, 4.69) is 12.1 Å². The van der Waals surface area contributed by atoms with Crippen LogP contribution < -0.4 is 0 Å². The van der Waals surface area contributed by atoms with E-state index in [4.69, 9.17) is 4.98 Å². The minimum Gasteiger partial charge on any atom is -0.480 e. The second kappa shape index (κ2) is 5.24. The topological polar surface area (TPSA) is 53.4 Å². The van der Waals surface area contributed by atoms with Gasteiger partial charge in [0.25, 0.3) is 0 Å². The van der Waals surface area contributed by atoms with Crippen LogP contribution in [0.5, 0.6) is 0 Å². The van der Waals surface area contributed by atoms with Crippen LogP contribution in [-0.2, 0) is 17.8 Å². The fourth-order valence-electron chi connectivity index (χ4n) is 2.51. The average Bonchev–Trinajstić information content (AvgIpc) is 2.91. The summed E-state index contributed by atoms with van der Waals surface area (Å²) in [7, 11) is 0. The number of thiazole rings is 1. The summed E-state index contributed by atoms with van der Waals surface area (Å²) in [4.78, 5) is 19.3. The minimum absolute atomic E-state index is 0.666. The molecule has 1 N–H and O–H groups in total. The summed E-state index contributed by atoms with van der Waals surface area (Å²) in [5.74, 6) is -0.779. The molecule has 0 atom stereocenters. The predicted octanol–water partition coefficient (Wildman–Crippen LogP) is 3.03. The highest BCUT2D eigenvalue weighted by Gasteiger charge is 2.37. The van der Waals surface area contributed by atoms with E-state index in [1.165, 1.54) is 4.88 Å². The van der Waals surface area contributed by atoms with Gasteiger partial charge in [0, 0.05) is 30.0 Å². The number of carboxylic acids is 1. The molecule has 3 rings (SSSR count). The van der Waals surface area contributed by atoms with Gasteiger partial charge < -0.3 is 5.11 Å². The van der Waals surface area contributed by atoms with Gasteiger partial charge in [-0.15, -0.1) is 11.3 Å². The largest absolute Gasteiger partial charge is 0.480 e. The second-order valence-corrected chi connectivity index (χ2v) is 6.87. The third kappa shape index (κ3) is 2.59. The van der Waals surface area contributed by atoms with Gasteiger partial charge in [0.05, 0.1) is 5.69 Å². The molecule has 0 radical (unpaired) electrons. The van der Waals surface area contributed by atoms with Crippen LogP contribution in [0.2, 0.25) is 0 Å². The fraction of sp³-hybridized carbons (Fsp3) is 0.375.